The van der Waals surface area contributed by atoms with E-state index in [0.29, 0.717) is 18.1 Å². The van der Waals surface area contributed by atoms with E-state index in [4.69, 9.17) is 11.6 Å². The first-order valence-electron chi connectivity index (χ1n) is 10.4. The van der Waals surface area contributed by atoms with Gasteiger partial charge in [0.1, 0.15) is 5.69 Å². The number of amides is 1. The van der Waals surface area contributed by atoms with E-state index >= 15 is 0 Å². The lowest BCUT2D eigenvalue weighted by molar-refractivity contribution is -0.137. The van der Waals surface area contributed by atoms with Crippen molar-refractivity contribution in [3.63, 3.8) is 0 Å². The fraction of sp³-hybridized carbons (Fsp3) is 0.435. The summed E-state index contributed by atoms with van der Waals surface area (Å²) in [6, 6.07) is 8.44. The molecular formula is C23H28ClN5O. The first-order valence-corrected chi connectivity index (χ1v) is 10.7. The Hall–Kier alpha value is -2.60. The van der Waals surface area contributed by atoms with Crippen molar-refractivity contribution in [1.29, 1.82) is 0 Å². The Morgan fingerprint density at radius 2 is 1.90 bits per heavy atom. The van der Waals surface area contributed by atoms with Gasteiger partial charge in [-0.15, -0.1) is 0 Å². The maximum absolute atomic E-state index is 13.7. The minimum Gasteiger partial charge on any atom is -0.332 e. The summed E-state index contributed by atoms with van der Waals surface area (Å²) in [5, 5.41) is 9.59. The Bertz CT molecular complexity index is 1080. The third-order valence-corrected chi connectivity index (χ3v) is 6.53. The molecular weight excluding hydrogens is 398 g/mol. The van der Waals surface area contributed by atoms with Crippen molar-refractivity contribution in [2.24, 2.45) is 20.0 Å². The van der Waals surface area contributed by atoms with Gasteiger partial charge in [0, 0.05) is 44.0 Å². The number of nitrogens with zero attached hydrogens (tertiary/aromatic N) is 5. The number of carbonyl (C=O) groups excluding carboxylic acids is 1. The SMILES string of the molecule is Cc1nn(C)c(C)c1CN(Cc1nn(C)cc1Cl)C(=O)[C@@H]1CCc2ccccc2C1. The summed E-state index contributed by atoms with van der Waals surface area (Å²) in [6.45, 7) is 4.94. The molecule has 0 saturated carbocycles. The van der Waals surface area contributed by atoms with Crippen molar-refractivity contribution in [3.05, 3.63) is 69.3 Å². The summed E-state index contributed by atoms with van der Waals surface area (Å²) >= 11 is 6.38. The molecule has 0 fully saturated rings. The third-order valence-electron chi connectivity index (χ3n) is 6.21. The van der Waals surface area contributed by atoms with Crippen LogP contribution in [0.5, 0.6) is 0 Å². The van der Waals surface area contributed by atoms with Crippen LogP contribution in [0.3, 0.4) is 0 Å². The lowest BCUT2D eigenvalue weighted by Gasteiger charge is -2.30. The Labute approximate surface area is 182 Å². The van der Waals surface area contributed by atoms with Crippen molar-refractivity contribution in [2.75, 3.05) is 0 Å². The molecule has 6 nitrogen and oxygen atoms in total. The van der Waals surface area contributed by atoms with Gasteiger partial charge in [0.25, 0.3) is 0 Å². The van der Waals surface area contributed by atoms with Crippen LogP contribution in [0.25, 0.3) is 0 Å². The summed E-state index contributed by atoms with van der Waals surface area (Å²) in [5.74, 6) is 0.133. The molecule has 2 aromatic heterocycles. The Morgan fingerprint density at radius 1 is 1.17 bits per heavy atom. The minimum absolute atomic E-state index is 0.0281. The summed E-state index contributed by atoms with van der Waals surface area (Å²) in [5.41, 5.74) is 6.49. The molecule has 3 aromatic rings. The Morgan fingerprint density at radius 3 is 2.53 bits per heavy atom. The van der Waals surface area contributed by atoms with Crippen LogP contribution in [0, 0.1) is 19.8 Å². The number of carbonyl (C=O) groups is 1. The average Bonchev–Trinajstić information content (AvgIpc) is 3.17. The second-order valence-electron chi connectivity index (χ2n) is 8.27. The van der Waals surface area contributed by atoms with Gasteiger partial charge in [0.2, 0.25) is 5.91 Å². The highest BCUT2D eigenvalue weighted by molar-refractivity contribution is 6.31. The smallest absolute Gasteiger partial charge is 0.226 e. The van der Waals surface area contributed by atoms with Crippen LogP contribution in [0.2, 0.25) is 5.02 Å². The van der Waals surface area contributed by atoms with Gasteiger partial charge in [0.05, 0.1) is 17.3 Å². The highest BCUT2D eigenvalue weighted by Crippen LogP contribution is 2.29. The molecule has 158 valence electrons. The summed E-state index contributed by atoms with van der Waals surface area (Å²) in [6.07, 6.45) is 4.37. The molecule has 0 spiro atoms. The van der Waals surface area contributed by atoms with Crippen LogP contribution in [0.1, 0.15) is 40.2 Å². The van der Waals surface area contributed by atoms with Gasteiger partial charge in [-0.05, 0) is 44.2 Å². The predicted molar refractivity (Wildman–Crippen MR) is 117 cm³/mol. The lowest BCUT2D eigenvalue weighted by Crippen LogP contribution is -2.38. The van der Waals surface area contributed by atoms with Crippen LogP contribution in [-0.2, 0) is 44.8 Å². The molecule has 7 heteroatoms. The predicted octanol–water partition coefficient (Wildman–Crippen LogP) is 3.76. The monoisotopic (exact) mass is 425 g/mol. The molecule has 0 unspecified atom stereocenters. The van der Waals surface area contributed by atoms with Gasteiger partial charge in [0.15, 0.2) is 0 Å². The van der Waals surface area contributed by atoms with Gasteiger partial charge in [-0.3, -0.25) is 14.2 Å². The zero-order valence-corrected chi connectivity index (χ0v) is 18.8. The number of benzene rings is 1. The van der Waals surface area contributed by atoms with Crippen LogP contribution in [0.15, 0.2) is 30.5 Å². The molecule has 2 heterocycles. The van der Waals surface area contributed by atoms with Crippen molar-refractivity contribution in [1.82, 2.24) is 24.5 Å². The summed E-state index contributed by atoms with van der Waals surface area (Å²) in [7, 11) is 3.78. The first-order chi connectivity index (χ1) is 14.3. The molecule has 1 atom stereocenters. The molecule has 0 N–H and O–H groups in total. The number of halogens is 1. The molecule has 0 saturated heterocycles. The van der Waals surface area contributed by atoms with Crippen molar-refractivity contribution < 1.29 is 4.79 Å². The zero-order chi connectivity index (χ0) is 21.4. The van der Waals surface area contributed by atoms with Gasteiger partial charge in [-0.2, -0.15) is 10.2 Å². The highest BCUT2D eigenvalue weighted by atomic mass is 35.5. The van der Waals surface area contributed by atoms with E-state index in [0.717, 1.165) is 41.9 Å². The van der Waals surface area contributed by atoms with E-state index in [1.165, 1.54) is 11.1 Å². The number of hydrogen-bond donors (Lipinski definition) is 0. The van der Waals surface area contributed by atoms with E-state index in [2.05, 4.69) is 34.5 Å². The topological polar surface area (TPSA) is 56.0 Å². The van der Waals surface area contributed by atoms with Crippen molar-refractivity contribution in [3.8, 4) is 0 Å². The standard InChI is InChI=1S/C23H28ClN5O/c1-15-20(16(2)28(4)25-15)12-29(14-22-21(24)13-27(3)26-22)23(30)19-10-9-17-7-5-6-8-18(17)11-19/h5-8,13,19H,9-12,14H2,1-4H3/t19-/m1/s1. The van der Waals surface area contributed by atoms with E-state index < -0.39 is 0 Å². The third kappa shape index (κ3) is 4.01. The van der Waals surface area contributed by atoms with Gasteiger partial charge >= 0.3 is 0 Å². The Balaban J connectivity index is 1.62. The van der Waals surface area contributed by atoms with Crippen LogP contribution < -0.4 is 0 Å². The fourth-order valence-corrected chi connectivity index (χ4v) is 4.65. The number of aryl methyl sites for hydroxylation is 4. The molecule has 0 aliphatic heterocycles. The maximum Gasteiger partial charge on any atom is 0.226 e. The second kappa shape index (κ2) is 8.26. The fourth-order valence-electron chi connectivity index (χ4n) is 4.41. The normalized spacial score (nSPS) is 15.8. The zero-order valence-electron chi connectivity index (χ0n) is 18.0. The summed E-state index contributed by atoms with van der Waals surface area (Å²) < 4.78 is 3.57. The van der Waals surface area contributed by atoms with Crippen molar-refractivity contribution >= 4 is 17.5 Å². The van der Waals surface area contributed by atoms with Crippen molar-refractivity contribution in [2.45, 2.75) is 46.2 Å². The van der Waals surface area contributed by atoms with E-state index in [1.807, 2.05) is 37.5 Å². The molecule has 1 aromatic carbocycles. The lowest BCUT2D eigenvalue weighted by atomic mass is 9.83. The highest BCUT2D eigenvalue weighted by Gasteiger charge is 2.30. The van der Waals surface area contributed by atoms with E-state index in [1.54, 1.807) is 10.9 Å². The van der Waals surface area contributed by atoms with E-state index in [-0.39, 0.29) is 11.8 Å². The Kier molecular flexibility index (Phi) is 5.69. The largest absolute Gasteiger partial charge is 0.332 e. The quantitative estimate of drug-likeness (QED) is 0.625. The molecule has 0 radical (unpaired) electrons. The number of hydrogen-bond acceptors (Lipinski definition) is 3. The maximum atomic E-state index is 13.7. The molecule has 30 heavy (non-hydrogen) atoms. The molecule has 1 aliphatic rings. The van der Waals surface area contributed by atoms with Gasteiger partial charge < -0.3 is 4.90 Å². The molecule has 4 rings (SSSR count). The second-order valence-corrected chi connectivity index (χ2v) is 8.68. The molecule has 1 aliphatic carbocycles. The van der Waals surface area contributed by atoms with Crippen LogP contribution >= 0.6 is 11.6 Å². The number of fused-ring (bicyclic) bond motifs is 1. The summed E-state index contributed by atoms with van der Waals surface area (Å²) in [4.78, 5) is 15.6. The first kappa shape index (κ1) is 20.7. The number of rotatable bonds is 5. The van der Waals surface area contributed by atoms with Crippen LogP contribution in [0.4, 0.5) is 0 Å². The number of aromatic nitrogens is 4. The van der Waals surface area contributed by atoms with E-state index in [9.17, 15) is 4.79 Å². The molecule has 0 bridgehead atoms. The average molecular weight is 426 g/mol. The van der Waals surface area contributed by atoms with Gasteiger partial charge in [-0.25, -0.2) is 0 Å². The minimum atomic E-state index is -0.0281. The van der Waals surface area contributed by atoms with Gasteiger partial charge in [-0.1, -0.05) is 35.9 Å². The van der Waals surface area contributed by atoms with Crippen LogP contribution in [-0.4, -0.2) is 30.4 Å². The molecule has 1 amide bonds.